The first-order chi connectivity index (χ1) is 10.2. The standard InChI is InChI=1S/C17H21NO3/c1-21-17(20)15-8-10-18(11-9-15)13-16-6-3-2-5-14(16)7-4-12-19/h2-3,5-6,15,19H,8-13H2,1H3. The van der Waals surface area contributed by atoms with E-state index in [9.17, 15) is 4.79 Å². The van der Waals surface area contributed by atoms with E-state index >= 15 is 0 Å². The monoisotopic (exact) mass is 287 g/mol. The first-order valence-corrected chi connectivity index (χ1v) is 7.22. The first kappa shape index (κ1) is 15.6. The van der Waals surface area contributed by atoms with Crippen LogP contribution in [0.3, 0.4) is 0 Å². The molecule has 0 aliphatic carbocycles. The minimum Gasteiger partial charge on any atom is -0.469 e. The Morgan fingerprint density at radius 2 is 2.10 bits per heavy atom. The number of rotatable bonds is 3. The van der Waals surface area contributed by atoms with Gasteiger partial charge in [0, 0.05) is 12.1 Å². The second-order valence-corrected chi connectivity index (χ2v) is 5.19. The van der Waals surface area contributed by atoms with E-state index in [2.05, 4.69) is 22.8 Å². The Morgan fingerprint density at radius 1 is 1.38 bits per heavy atom. The van der Waals surface area contributed by atoms with Gasteiger partial charge < -0.3 is 9.84 Å². The molecule has 4 nitrogen and oxygen atoms in total. The number of hydrogen-bond donors (Lipinski definition) is 1. The molecule has 1 aliphatic rings. The van der Waals surface area contributed by atoms with Crippen molar-refractivity contribution in [3.63, 3.8) is 0 Å². The summed E-state index contributed by atoms with van der Waals surface area (Å²) in [6.07, 6.45) is 1.69. The fourth-order valence-corrected chi connectivity index (χ4v) is 2.65. The lowest BCUT2D eigenvalue weighted by molar-refractivity contribution is -0.147. The number of carbonyl (C=O) groups is 1. The third kappa shape index (κ3) is 4.32. The van der Waals surface area contributed by atoms with Crippen molar-refractivity contribution in [2.75, 3.05) is 26.8 Å². The molecule has 1 aliphatic heterocycles. The molecule has 0 atom stereocenters. The molecule has 0 saturated carbocycles. The van der Waals surface area contributed by atoms with Gasteiger partial charge in [0.1, 0.15) is 6.61 Å². The molecule has 1 aromatic rings. The summed E-state index contributed by atoms with van der Waals surface area (Å²) in [6, 6.07) is 7.99. The molecule has 1 heterocycles. The highest BCUT2D eigenvalue weighted by atomic mass is 16.5. The van der Waals surface area contributed by atoms with Crippen molar-refractivity contribution in [1.29, 1.82) is 0 Å². The number of esters is 1. The Bertz CT molecular complexity index is 536. The van der Waals surface area contributed by atoms with Crippen LogP contribution < -0.4 is 0 Å². The minimum absolute atomic E-state index is 0.0377. The topological polar surface area (TPSA) is 49.8 Å². The maximum atomic E-state index is 11.5. The molecule has 0 amide bonds. The number of aliphatic hydroxyl groups excluding tert-OH is 1. The highest BCUT2D eigenvalue weighted by Gasteiger charge is 2.25. The zero-order chi connectivity index (χ0) is 15.1. The largest absolute Gasteiger partial charge is 0.469 e. The van der Waals surface area contributed by atoms with Crippen molar-refractivity contribution >= 4 is 5.97 Å². The second-order valence-electron chi connectivity index (χ2n) is 5.19. The van der Waals surface area contributed by atoms with Crippen LogP contribution in [-0.2, 0) is 16.1 Å². The van der Waals surface area contributed by atoms with E-state index < -0.39 is 0 Å². The molecule has 0 bridgehead atoms. The predicted octanol–water partition coefficient (Wildman–Crippen LogP) is 1.42. The van der Waals surface area contributed by atoms with Crippen LogP contribution in [0, 0.1) is 17.8 Å². The maximum absolute atomic E-state index is 11.5. The first-order valence-electron chi connectivity index (χ1n) is 7.22. The van der Waals surface area contributed by atoms with Gasteiger partial charge in [-0.3, -0.25) is 9.69 Å². The third-order valence-electron chi connectivity index (χ3n) is 3.84. The van der Waals surface area contributed by atoms with Crippen molar-refractivity contribution < 1.29 is 14.6 Å². The molecule has 0 radical (unpaired) electrons. The van der Waals surface area contributed by atoms with E-state index in [4.69, 9.17) is 9.84 Å². The zero-order valence-electron chi connectivity index (χ0n) is 12.3. The van der Waals surface area contributed by atoms with Gasteiger partial charge in [-0.05, 0) is 37.6 Å². The minimum atomic E-state index is -0.126. The van der Waals surface area contributed by atoms with E-state index in [1.165, 1.54) is 7.11 Å². The van der Waals surface area contributed by atoms with Gasteiger partial charge in [-0.15, -0.1) is 0 Å². The van der Waals surface area contributed by atoms with Crippen LogP contribution in [0.5, 0.6) is 0 Å². The number of methoxy groups -OCH3 is 1. The summed E-state index contributed by atoms with van der Waals surface area (Å²) in [5, 5.41) is 8.82. The molecule has 1 aromatic carbocycles. The average molecular weight is 287 g/mol. The van der Waals surface area contributed by atoms with Crippen LogP contribution in [0.1, 0.15) is 24.0 Å². The van der Waals surface area contributed by atoms with Crippen LogP contribution in [0.25, 0.3) is 0 Å². The van der Waals surface area contributed by atoms with Crippen molar-refractivity contribution in [2.45, 2.75) is 19.4 Å². The van der Waals surface area contributed by atoms with Gasteiger partial charge in [0.05, 0.1) is 13.0 Å². The van der Waals surface area contributed by atoms with E-state index in [0.29, 0.717) is 0 Å². The molecule has 4 heteroatoms. The lowest BCUT2D eigenvalue weighted by Crippen LogP contribution is -2.36. The van der Waals surface area contributed by atoms with E-state index in [-0.39, 0.29) is 18.5 Å². The average Bonchev–Trinajstić information content (AvgIpc) is 2.54. The smallest absolute Gasteiger partial charge is 0.308 e. The van der Waals surface area contributed by atoms with Crippen LogP contribution in [0.2, 0.25) is 0 Å². The molecule has 1 N–H and O–H groups in total. The van der Waals surface area contributed by atoms with Gasteiger partial charge in [0.15, 0.2) is 0 Å². The number of likely N-dealkylation sites (tertiary alicyclic amines) is 1. The number of ether oxygens (including phenoxy) is 1. The molecular formula is C17H21NO3. The van der Waals surface area contributed by atoms with E-state index in [1.54, 1.807) is 0 Å². The number of hydrogen-bond acceptors (Lipinski definition) is 4. The number of benzene rings is 1. The Kier molecular flexibility index (Phi) is 5.79. The number of carbonyl (C=O) groups excluding carboxylic acids is 1. The molecule has 0 aromatic heterocycles. The summed E-state index contributed by atoms with van der Waals surface area (Å²) >= 11 is 0. The lowest BCUT2D eigenvalue weighted by Gasteiger charge is -2.30. The van der Waals surface area contributed by atoms with Gasteiger partial charge in [0.25, 0.3) is 0 Å². The van der Waals surface area contributed by atoms with Crippen molar-refractivity contribution in [1.82, 2.24) is 4.90 Å². The molecule has 21 heavy (non-hydrogen) atoms. The van der Waals surface area contributed by atoms with Gasteiger partial charge in [-0.25, -0.2) is 0 Å². The van der Waals surface area contributed by atoms with Gasteiger partial charge in [-0.2, -0.15) is 0 Å². The second kappa shape index (κ2) is 7.82. The Morgan fingerprint density at radius 3 is 2.76 bits per heavy atom. The normalized spacial score (nSPS) is 16.1. The van der Waals surface area contributed by atoms with Crippen LogP contribution in [-0.4, -0.2) is 42.8 Å². The van der Waals surface area contributed by atoms with Crippen molar-refractivity contribution in [2.24, 2.45) is 5.92 Å². The molecule has 1 saturated heterocycles. The van der Waals surface area contributed by atoms with Gasteiger partial charge >= 0.3 is 5.97 Å². The fraction of sp³-hybridized carbons (Fsp3) is 0.471. The van der Waals surface area contributed by atoms with Gasteiger partial charge in [-0.1, -0.05) is 30.0 Å². The Hall–Kier alpha value is -1.83. The van der Waals surface area contributed by atoms with Crippen molar-refractivity contribution in [3.8, 4) is 11.8 Å². The number of piperidine rings is 1. The molecule has 0 unspecified atom stereocenters. The molecule has 0 spiro atoms. The number of nitrogens with zero attached hydrogens (tertiary/aromatic N) is 1. The SMILES string of the molecule is COC(=O)C1CCN(Cc2ccccc2C#CCO)CC1. The number of aliphatic hydroxyl groups is 1. The molecular weight excluding hydrogens is 266 g/mol. The van der Waals surface area contributed by atoms with Crippen LogP contribution in [0.4, 0.5) is 0 Å². The van der Waals surface area contributed by atoms with E-state index in [1.807, 2.05) is 18.2 Å². The van der Waals surface area contributed by atoms with Crippen molar-refractivity contribution in [3.05, 3.63) is 35.4 Å². The zero-order valence-corrected chi connectivity index (χ0v) is 12.3. The molecule has 112 valence electrons. The Balaban J connectivity index is 1.96. The summed E-state index contributed by atoms with van der Waals surface area (Å²) < 4.78 is 4.81. The maximum Gasteiger partial charge on any atom is 0.308 e. The third-order valence-corrected chi connectivity index (χ3v) is 3.84. The summed E-state index contributed by atoms with van der Waals surface area (Å²) in [5.74, 6) is 5.63. The van der Waals surface area contributed by atoms with E-state index in [0.717, 1.165) is 43.6 Å². The Labute approximate surface area is 125 Å². The quantitative estimate of drug-likeness (QED) is 0.675. The van der Waals surface area contributed by atoms with Crippen LogP contribution >= 0.6 is 0 Å². The lowest BCUT2D eigenvalue weighted by atomic mass is 9.96. The fourth-order valence-electron chi connectivity index (χ4n) is 2.65. The molecule has 2 rings (SSSR count). The van der Waals surface area contributed by atoms with Gasteiger partial charge in [0.2, 0.25) is 0 Å². The highest BCUT2D eigenvalue weighted by molar-refractivity contribution is 5.72. The predicted molar refractivity (Wildman–Crippen MR) is 80.4 cm³/mol. The summed E-state index contributed by atoms with van der Waals surface area (Å²) in [6.45, 7) is 2.48. The summed E-state index contributed by atoms with van der Waals surface area (Å²) in [4.78, 5) is 13.9. The summed E-state index contributed by atoms with van der Waals surface area (Å²) in [7, 11) is 1.45. The highest BCUT2D eigenvalue weighted by Crippen LogP contribution is 2.21. The van der Waals surface area contributed by atoms with Crippen LogP contribution in [0.15, 0.2) is 24.3 Å². The molecule has 1 fully saturated rings. The summed E-state index contributed by atoms with van der Waals surface area (Å²) in [5.41, 5.74) is 2.12.